The van der Waals surface area contributed by atoms with Gasteiger partial charge in [0.1, 0.15) is 11.9 Å². The smallest absolute Gasteiger partial charge is 0.119 e. The van der Waals surface area contributed by atoms with Crippen molar-refractivity contribution in [2.24, 2.45) is 0 Å². The Kier molecular flexibility index (Phi) is 4.69. The number of aryl methyl sites for hydroxylation is 1. The minimum Gasteiger partial charge on any atom is -0.491 e. The third-order valence-electron chi connectivity index (χ3n) is 3.08. The van der Waals surface area contributed by atoms with Crippen LogP contribution in [0.4, 0.5) is 0 Å². The van der Waals surface area contributed by atoms with Crippen molar-refractivity contribution in [2.45, 2.75) is 33.0 Å². The molecular formula is C17H19ClO2. The van der Waals surface area contributed by atoms with Crippen molar-refractivity contribution in [2.75, 3.05) is 0 Å². The molecular weight excluding hydrogens is 272 g/mol. The van der Waals surface area contributed by atoms with Gasteiger partial charge in [0, 0.05) is 10.6 Å². The van der Waals surface area contributed by atoms with E-state index in [1.54, 1.807) is 0 Å². The Labute approximate surface area is 125 Å². The van der Waals surface area contributed by atoms with Crippen LogP contribution >= 0.6 is 11.6 Å². The molecule has 0 aromatic heterocycles. The third-order valence-corrected chi connectivity index (χ3v) is 3.60. The molecule has 0 fully saturated rings. The van der Waals surface area contributed by atoms with Gasteiger partial charge in [0.15, 0.2) is 0 Å². The largest absolute Gasteiger partial charge is 0.491 e. The van der Waals surface area contributed by atoms with Gasteiger partial charge in [-0.3, -0.25) is 0 Å². The lowest BCUT2D eigenvalue weighted by molar-refractivity contribution is 0.219. The summed E-state index contributed by atoms with van der Waals surface area (Å²) >= 11 is 6.25. The fourth-order valence-corrected chi connectivity index (χ4v) is 2.29. The standard InChI is InChI=1S/C17H19ClO2/c1-11(2)20-14-9-7-13(8-10-14)17(19)15-6-4-5-12(3)16(15)18/h4-11,17,19H,1-3H3. The van der Waals surface area contributed by atoms with Gasteiger partial charge >= 0.3 is 0 Å². The summed E-state index contributed by atoms with van der Waals surface area (Å²) in [6, 6.07) is 13.1. The normalized spacial score (nSPS) is 12.5. The van der Waals surface area contributed by atoms with Gasteiger partial charge in [0.05, 0.1) is 6.10 Å². The maximum atomic E-state index is 10.4. The first-order valence-corrected chi connectivity index (χ1v) is 7.06. The van der Waals surface area contributed by atoms with E-state index in [2.05, 4.69) is 0 Å². The summed E-state index contributed by atoms with van der Waals surface area (Å²) in [6.07, 6.45) is -0.590. The SMILES string of the molecule is Cc1cccc(C(O)c2ccc(OC(C)C)cc2)c1Cl. The van der Waals surface area contributed by atoms with Gasteiger partial charge in [0.2, 0.25) is 0 Å². The van der Waals surface area contributed by atoms with E-state index in [0.29, 0.717) is 5.02 Å². The maximum Gasteiger partial charge on any atom is 0.119 e. The van der Waals surface area contributed by atoms with Crippen molar-refractivity contribution in [1.29, 1.82) is 0 Å². The molecule has 0 heterocycles. The lowest BCUT2D eigenvalue weighted by atomic mass is 10.00. The highest BCUT2D eigenvalue weighted by atomic mass is 35.5. The van der Waals surface area contributed by atoms with E-state index in [1.807, 2.05) is 63.2 Å². The van der Waals surface area contributed by atoms with Crippen molar-refractivity contribution in [3.05, 3.63) is 64.2 Å². The van der Waals surface area contributed by atoms with Crippen molar-refractivity contribution in [1.82, 2.24) is 0 Å². The Morgan fingerprint density at radius 3 is 2.30 bits per heavy atom. The molecule has 1 unspecified atom stereocenters. The molecule has 0 radical (unpaired) electrons. The molecule has 0 aliphatic heterocycles. The zero-order valence-corrected chi connectivity index (χ0v) is 12.7. The van der Waals surface area contributed by atoms with E-state index in [1.165, 1.54) is 0 Å². The summed E-state index contributed by atoms with van der Waals surface area (Å²) in [4.78, 5) is 0. The van der Waals surface area contributed by atoms with E-state index < -0.39 is 6.10 Å². The van der Waals surface area contributed by atoms with Gasteiger partial charge in [-0.15, -0.1) is 0 Å². The minimum atomic E-state index is -0.726. The molecule has 2 aromatic rings. The van der Waals surface area contributed by atoms with Crippen LogP contribution in [0.5, 0.6) is 5.75 Å². The molecule has 2 rings (SSSR count). The Morgan fingerprint density at radius 1 is 1.05 bits per heavy atom. The predicted molar refractivity (Wildman–Crippen MR) is 82.5 cm³/mol. The van der Waals surface area contributed by atoms with Crippen LogP contribution in [0.15, 0.2) is 42.5 Å². The molecule has 0 saturated heterocycles. The van der Waals surface area contributed by atoms with Crippen molar-refractivity contribution in [3.8, 4) is 5.75 Å². The van der Waals surface area contributed by atoms with Gasteiger partial charge in [-0.05, 0) is 44.0 Å². The number of hydrogen-bond acceptors (Lipinski definition) is 2. The average molecular weight is 291 g/mol. The van der Waals surface area contributed by atoms with Crippen LogP contribution in [-0.2, 0) is 0 Å². The Bertz CT molecular complexity index is 576. The highest BCUT2D eigenvalue weighted by molar-refractivity contribution is 6.32. The van der Waals surface area contributed by atoms with E-state index in [9.17, 15) is 5.11 Å². The fraction of sp³-hybridized carbons (Fsp3) is 0.294. The molecule has 1 N–H and O–H groups in total. The fourth-order valence-electron chi connectivity index (χ4n) is 2.06. The zero-order chi connectivity index (χ0) is 14.7. The molecule has 0 amide bonds. The van der Waals surface area contributed by atoms with Gasteiger partial charge in [-0.2, -0.15) is 0 Å². The zero-order valence-electron chi connectivity index (χ0n) is 11.9. The second-order valence-corrected chi connectivity index (χ2v) is 5.49. The van der Waals surface area contributed by atoms with Crippen LogP contribution in [0.25, 0.3) is 0 Å². The van der Waals surface area contributed by atoms with Gasteiger partial charge < -0.3 is 9.84 Å². The van der Waals surface area contributed by atoms with Crippen LogP contribution in [0.3, 0.4) is 0 Å². The quantitative estimate of drug-likeness (QED) is 0.897. The monoisotopic (exact) mass is 290 g/mol. The number of halogens is 1. The molecule has 1 atom stereocenters. The van der Waals surface area contributed by atoms with Crippen LogP contribution in [0, 0.1) is 6.92 Å². The first-order chi connectivity index (χ1) is 9.49. The highest BCUT2D eigenvalue weighted by Crippen LogP contribution is 2.31. The summed E-state index contributed by atoms with van der Waals surface area (Å²) in [5.41, 5.74) is 2.49. The molecule has 0 bridgehead atoms. The number of rotatable bonds is 4. The number of aliphatic hydroxyl groups excluding tert-OH is 1. The third kappa shape index (κ3) is 3.33. The van der Waals surface area contributed by atoms with Crippen LogP contribution in [0.1, 0.15) is 36.6 Å². The van der Waals surface area contributed by atoms with Gasteiger partial charge in [0.25, 0.3) is 0 Å². The molecule has 0 spiro atoms. The Morgan fingerprint density at radius 2 is 1.70 bits per heavy atom. The minimum absolute atomic E-state index is 0.136. The Balaban J connectivity index is 2.25. The van der Waals surface area contributed by atoms with E-state index >= 15 is 0 Å². The van der Waals surface area contributed by atoms with Gasteiger partial charge in [-0.25, -0.2) is 0 Å². The molecule has 20 heavy (non-hydrogen) atoms. The predicted octanol–water partition coefficient (Wildman–Crippen LogP) is 4.52. The van der Waals surface area contributed by atoms with Crippen LogP contribution in [-0.4, -0.2) is 11.2 Å². The number of benzene rings is 2. The average Bonchev–Trinajstić information content (AvgIpc) is 2.41. The molecule has 106 valence electrons. The summed E-state index contributed by atoms with van der Waals surface area (Å²) in [5, 5.41) is 11.1. The lowest BCUT2D eigenvalue weighted by Gasteiger charge is -2.15. The number of aliphatic hydroxyl groups is 1. The summed E-state index contributed by atoms with van der Waals surface area (Å²) in [7, 11) is 0. The number of ether oxygens (including phenoxy) is 1. The van der Waals surface area contributed by atoms with Crippen LogP contribution in [0.2, 0.25) is 5.02 Å². The number of hydrogen-bond donors (Lipinski definition) is 1. The van der Waals surface area contributed by atoms with E-state index in [-0.39, 0.29) is 6.10 Å². The van der Waals surface area contributed by atoms with Crippen molar-refractivity contribution < 1.29 is 9.84 Å². The van der Waals surface area contributed by atoms with E-state index in [4.69, 9.17) is 16.3 Å². The molecule has 0 aliphatic carbocycles. The Hall–Kier alpha value is -1.51. The highest BCUT2D eigenvalue weighted by Gasteiger charge is 2.15. The summed E-state index contributed by atoms with van der Waals surface area (Å²) in [5.74, 6) is 0.797. The molecule has 2 nitrogen and oxygen atoms in total. The first kappa shape index (κ1) is 14.9. The topological polar surface area (TPSA) is 29.5 Å². The summed E-state index contributed by atoms with van der Waals surface area (Å²) in [6.45, 7) is 5.89. The van der Waals surface area contributed by atoms with Crippen LogP contribution < -0.4 is 4.74 Å². The second-order valence-electron chi connectivity index (χ2n) is 5.12. The van der Waals surface area contributed by atoms with Crippen molar-refractivity contribution >= 4 is 11.6 Å². The van der Waals surface area contributed by atoms with Gasteiger partial charge in [-0.1, -0.05) is 41.9 Å². The second kappa shape index (κ2) is 6.29. The lowest BCUT2D eigenvalue weighted by Crippen LogP contribution is -2.06. The molecule has 3 heteroatoms. The molecule has 2 aromatic carbocycles. The summed E-state index contributed by atoms with van der Waals surface area (Å²) < 4.78 is 5.59. The maximum absolute atomic E-state index is 10.4. The van der Waals surface area contributed by atoms with E-state index in [0.717, 1.165) is 22.4 Å². The van der Waals surface area contributed by atoms with Crippen molar-refractivity contribution in [3.63, 3.8) is 0 Å². The molecule has 0 aliphatic rings. The first-order valence-electron chi connectivity index (χ1n) is 6.68. The molecule has 0 saturated carbocycles.